The van der Waals surface area contributed by atoms with E-state index in [4.69, 9.17) is 16.3 Å². The molecule has 1 saturated heterocycles. The topological polar surface area (TPSA) is 24.5 Å². The molecule has 0 spiro atoms. The van der Waals surface area contributed by atoms with Gasteiger partial charge in [0.05, 0.1) is 11.6 Å². The Morgan fingerprint density at radius 3 is 2.48 bits per heavy atom. The average molecular weight is 313 g/mol. The Bertz CT molecular complexity index is 404. The summed E-state index contributed by atoms with van der Waals surface area (Å²) in [5.41, 5.74) is 1.26. The fourth-order valence-corrected chi connectivity index (χ4v) is 2.81. The molecule has 1 fully saturated rings. The van der Waals surface area contributed by atoms with Crippen molar-refractivity contribution in [3.63, 3.8) is 0 Å². The number of likely N-dealkylation sites (tertiary alicyclic amines) is 1. The van der Waals surface area contributed by atoms with Gasteiger partial charge in [0.1, 0.15) is 5.75 Å². The summed E-state index contributed by atoms with van der Waals surface area (Å²) in [6, 6.07) is 6.79. The van der Waals surface area contributed by atoms with E-state index in [1.54, 1.807) is 0 Å². The van der Waals surface area contributed by atoms with Crippen LogP contribution >= 0.6 is 11.6 Å². The molecule has 4 heteroatoms. The van der Waals surface area contributed by atoms with Crippen molar-refractivity contribution < 1.29 is 4.74 Å². The minimum Gasteiger partial charge on any atom is -0.492 e. The summed E-state index contributed by atoms with van der Waals surface area (Å²) in [4.78, 5) is 2.49. The molecule has 1 aromatic rings. The Kier molecular flexibility index (Phi) is 8.74. The predicted molar refractivity (Wildman–Crippen MR) is 91.3 cm³/mol. The Balaban J connectivity index is 0.00000106. The highest BCUT2D eigenvalue weighted by Gasteiger charge is 2.17. The van der Waals surface area contributed by atoms with E-state index in [1.807, 2.05) is 40.0 Å². The lowest BCUT2D eigenvalue weighted by Gasteiger charge is -2.31. The van der Waals surface area contributed by atoms with Crippen molar-refractivity contribution in [3.05, 3.63) is 28.8 Å². The Labute approximate surface area is 134 Å². The van der Waals surface area contributed by atoms with E-state index < -0.39 is 0 Å². The van der Waals surface area contributed by atoms with Crippen LogP contribution in [0.4, 0.5) is 0 Å². The zero-order chi connectivity index (χ0) is 15.7. The third kappa shape index (κ3) is 5.85. The van der Waals surface area contributed by atoms with Gasteiger partial charge in [-0.05, 0) is 57.6 Å². The van der Waals surface area contributed by atoms with Crippen molar-refractivity contribution in [2.45, 2.75) is 46.2 Å². The van der Waals surface area contributed by atoms with E-state index in [9.17, 15) is 0 Å². The number of ether oxygens (including phenoxy) is 1. The van der Waals surface area contributed by atoms with Gasteiger partial charge in [0.15, 0.2) is 0 Å². The zero-order valence-corrected chi connectivity index (χ0v) is 14.5. The second kappa shape index (κ2) is 10.0. The first-order valence-electron chi connectivity index (χ1n) is 8.03. The molecule has 3 nitrogen and oxygen atoms in total. The van der Waals surface area contributed by atoms with Gasteiger partial charge in [0.25, 0.3) is 0 Å². The number of benzene rings is 1. The molecule has 120 valence electrons. The largest absolute Gasteiger partial charge is 0.492 e. The molecule has 0 saturated carbocycles. The summed E-state index contributed by atoms with van der Waals surface area (Å²) in [7, 11) is 2.05. The molecule has 0 amide bonds. The summed E-state index contributed by atoms with van der Waals surface area (Å²) in [5, 5.41) is 4.07. The number of rotatable bonds is 5. The minimum atomic E-state index is 0.649. The van der Waals surface area contributed by atoms with Gasteiger partial charge in [-0.3, -0.25) is 4.90 Å². The first kappa shape index (κ1) is 18.3. The molecular formula is C17H29ClN2O. The third-order valence-corrected chi connectivity index (χ3v) is 3.99. The monoisotopic (exact) mass is 312 g/mol. The second-order valence-corrected chi connectivity index (χ2v) is 5.44. The highest BCUT2D eigenvalue weighted by molar-refractivity contribution is 6.32. The average Bonchev–Trinajstić information content (AvgIpc) is 2.53. The first-order chi connectivity index (χ1) is 10.2. The van der Waals surface area contributed by atoms with Crippen molar-refractivity contribution in [1.82, 2.24) is 10.2 Å². The normalized spacial score (nSPS) is 16.2. The van der Waals surface area contributed by atoms with E-state index >= 15 is 0 Å². The predicted octanol–water partition coefficient (Wildman–Crippen LogP) is 3.95. The smallest absolute Gasteiger partial charge is 0.137 e. The fourth-order valence-electron chi connectivity index (χ4n) is 2.55. The summed E-state index contributed by atoms with van der Waals surface area (Å²) < 4.78 is 5.46. The molecule has 0 unspecified atom stereocenters. The standard InChI is InChI=1S/C15H23ClN2O.C2H6/c1-3-19-15-5-4-12(10-14(15)16)11-18-8-6-13(17-2)7-9-18;1-2/h4-5,10,13,17H,3,6-9,11H2,1-2H3;1-2H3. The molecule has 0 bridgehead atoms. The van der Waals surface area contributed by atoms with Crippen LogP contribution in [0.2, 0.25) is 5.02 Å². The molecule has 2 rings (SSSR count). The van der Waals surface area contributed by atoms with Crippen molar-refractivity contribution in [2.75, 3.05) is 26.7 Å². The summed E-state index contributed by atoms with van der Waals surface area (Å²) in [6.07, 6.45) is 2.45. The number of nitrogens with zero attached hydrogens (tertiary/aromatic N) is 1. The summed E-state index contributed by atoms with van der Waals surface area (Å²) in [5.74, 6) is 0.779. The van der Waals surface area contributed by atoms with Gasteiger partial charge in [0, 0.05) is 12.6 Å². The van der Waals surface area contributed by atoms with Gasteiger partial charge in [-0.15, -0.1) is 0 Å². The first-order valence-corrected chi connectivity index (χ1v) is 8.41. The molecule has 21 heavy (non-hydrogen) atoms. The zero-order valence-electron chi connectivity index (χ0n) is 13.8. The fraction of sp³-hybridized carbons (Fsp3) is 0.647. The van der Waals surface area contributed by atoms with Crippen LogP contribution in [-0.4, -0.2) is 37.7 Å². The number of nitrogens with one attached hydrogen (secondary N) is 1. The Morgan fingerprint density at radius 1 is 1.29 bits per heavy atom. The molecule has 1 aromatic carbocycles. The van der Waals surface area contributed by atoms with Crippen LogP contribution in [0.3, 0.4) is 0 Å². The minimum absolute atomic E-state index is 0.649. The molecule has 0 atom stereocenters. The number of piperidine rings is 1. The maximum absolute atomic E-state index is 6.22. The van der Waals surface area contributed by atoms with Crippen LogP contribution in [0.1, 0.15) is 39.2 Å². The van der Waals surface area contributed by atoms with Crippen molar-refractivity contribution >= 4 is 11.6 Å². The van der Waals surface area contributed by atoms with Crippen LogP contribution in [0.5, 0.6) is 5.75 Å². The molecule has 0 aliphatic carbocycles. The van der Waals surface area contributed by atoms with Crippen LogP contribution in [0, 0.1) is 0 Å². The van der Waals surface area contributed by atoms with E-state index in [1.165, 1.54) is 18.4 Å². The Hall–Kier alpha value is -0.770. The number of halogens is 1. The van der Waals surface area contributed by atoms with Crippen molar-refractivity contribution in [1.29, 1.82) is 0 Å². The number of hydrogen-bond acceptors (Lipinski definition) is 3. The third-order valence-electron chi connectivity index (χ3n) is 3.70. The van der Waals surface area contributed by atoms with Crippen LogP contribution in [-0.2, 0) is 6.54 Å². The second-order valence-electron chi connectivity index (χ2n) is 5.04. The highest BCUT2D eigenvalue weighted by Crippen LogP contribution is 2.26. The SMILES string of the molecule is CC.CCOc1ccc(CN2CCC(NC)CC2)cc1Cl. The van der Waals surface area contributed by atoms with Gasteiger partial charge >= 0.3 is 0 Å². The maximum atomic E-state index is 6.22. The van der Waals surface area contributed by atoms with Gasteiger partial charge in [0.2, 0.25) is 0 Å². The van der Waals surface area contributed by atoms with Crippen LogP contribution in [0.15, 0.2) is 18.2 Å². The van der Waals surface area contributed by atoms with Gasteiger partial charge in [-0.1, -0.05) is 31.5 Å². The highest BCUT2D eigenvalue weighted by atomic mass is 35.5. The lowest BCUT2D eigenvalue weighted by atomic mass is 10.0. The van der Waals surface area contributed by atoms with E-state index in [2.05, 4.69) is 16.3 Å². The quantitative estimate of drug-likeness (QED) is 0.891. The van der Waals surface area contributed by atoms with Gasteiger partial charge in [-0.25, -0.2) is 0 Å². The summed E-state index contributed by atoms with van der Waals surface area (Å²) >= 11 is 6.22. The van der Waals surface area contributed by atoms with Gasteiger partial charge < -0.3 is 10.1 Å². The molecule has 1 aliphatic rings. The van der Waals surface area contributed by atoms with E-state index in [-0.39, 0.29) is 0 Å². The molecule has 0 radical (unpaired) electrons. The van der Waals surface area contributed by atoms with Crippen LogP contribution < -0.4 is 10.1 Å². The summed E-state index contributed by atoms with van der Waals surface area (Å²) in [6.45, 7) is 9.89. The molecule has 1 aliphatic heterocycles. The Morgan fingerprint density at radius 2 is 1.95 bits per heavy atom. The molecule has 1 N–H and O–H groups in total. The van der Waals surface area contributed by atoms with Crippen LogP contribution in [0.25, 0.3) is 0 Å². The lowest BCUT2D eigenvalue weighted by molar-refractivity contribution is 0.194. The van der Waals surface area contributed by atoms with E-state index in [0.29, 0.717) is 17.7 Å². The van der Waals surface area contributed by atoms with E-state index in [0.717, 1.165) is 25.4 Å². The van der Waals surface area contributed by atoms with Crippen molar-refractivity contribution in [2.24, 2.45) is 0 Å². The lowest BCUT2D eigenvalue weighted by Crippen LogP contribution is -2.40. The number of hydrogen-bond donors (Lipinski definition) is 1. The molecule has 0 aromatic heterocycles. The van der Waals surface area contributed by atoms with Gasteiger partial charge in [-0.2, -0.15) is 0 Å². The maximum Gasteiger partial charge on any atom is 0.137 e. The molecular weight excluding hydrogens is 284 g/mol. The van der Waals surface area contributed by atoms with Crippen molar-refractivity contribution in [3.8, 4) is 5.75 Å². The molecule has 1 heterocycles.